The van der Waals surface area contributed by atoms with Gasteiger partial charge in [0, 0.05) is 18.8 Å². The van der Waals surface area contributed by atoms with Crippen LogP contribution in [0.3, 0.4) is 0 Å². The first kappa shape index (κ1) is 25.6. The number of nitrogens with one attached hydrogen (secondary N) is 2. The highest BCUT2D eigenvalue weighted by atomic mass is 19.4. The highest BCUT2D eigenvalue weighted by Gasteiger charge is 2.38. The third-order valence-corrected chi connectivity index (χ3v) is 7.13. The number of anilines is 1. The molecule has 0 bridgehead atoms. The molecule has 206 valence electrons. The van der Waals surface area contributed by atoms with Crippen molar-refractivity contribution in [1.82, 2.24) is 34.3 Å². The monoisotopic (exact) mass is 554 g/mol. The van der Waals surface area contributed by atoms with Gasteiger partial charge in [-0.3, -0.25) is 14.2 Å². The molecule has 40 heavy (non-hydrogen) atoms. The minimum Gasteiger partial charge on any atom is -0.380 e. The SMILES string of the molecule is O=c1[nH]ncc(N[C@H]2CCC[C@@H](Cn3cnc4cc(-c5nc6ccccn6n5)c(F)cc4c3=O)C2)c1C(F)(F)F. The number of hydrogen-bond donors (Lipinski definition) is 2. The lowest BCUT2D eigenvalue weighted by atomic mass is 9.85. The van der Waals surface area contributed by atoms with E-state index in [9.17, 15) is 22.8 Å². The van der Waals surface area contributed by atoms with E-state index < -0.39 is 28.7 Å². The highest BCUT2D eigenvalue weighted by Crippen LogP contribution is 2.34. The number of aromatic amines is 1. The fraction of sp³-hybridized carbons (Fsp3) is 0.308. The minimum atomic E-state index is -4.84. The van der Waals surface area contributed by atoms with Crippen LogP contribution in [0.4, 0.5) is 23.2 Å². The molecule has 0 amide bonds. The molecular formula is C26H22F4N8O2. The van der Waals surface area contributed by atoms with Gasteiger partial charge in [0.2, 0.25) is 0 Å². The Kier molecular flexibility index (Phi) is 6.31. The molecule has 0 unspecified atom stereocenters. The normalized spacial score (nSPS) is 17.9. The zero-order valence-electron chi connectivity index (χ0n) is 20.8. The summed E-state index contributed by atoms with van der Waals surface area (Å²) in [5.41, 5.74) is -2.48. The molecule has 2 atom stereocenters. The molecule has 0 radical (unpaired) electrons. The standard InChI is InChI=1S/C26H22F4N8O2/c27-18-9-17-19(10-16(18)23-34-21-6-1-2-7-38(21)36-23)31-13-37(25(17)40)12-14-4-3-5-15(8-14)33-20-11-32-35-24(39)22(20)26(28,29)30/h1-2,6-7,9-11,13-15H,3-5,8,12H2,(H2,33,35,39)/t14-,15+/m1/s1. The first-order valence-corrected chi connectivity index (χ1v) is 12.6. The van der Waals surface area contributed by atoms with Gasteiger partial charge in [0.15, 0.2) is 11.5 Å². The summed E-state index contributed by atoms with van der Waals surface area (Å²) in [6, 6.07) is 7.52. The third kappa shape index (κ3) is 4.80. The Morgan fingerprint density at radius 2 is 2.00 bits per heavy atom. The molecule has 10 nitrogen and oxygen atoms in total. The summed E-state index contributed by atoms with van der Waals surface area (Å²) in [5, 5.41) is 12.5. The number of H-pyrrole nitrogens is 1. The number of pyridine rings is 1. The lowest BCUT2D eigenvalue weighted by Gasteiger charge is -2.31. The van der Waals surface area contributed by atoms with Crippen LogP contribution in [0.2, 0.25) is 0 Å². The average molecular weight is 555 g/mol. The highest BCUT2D eigenvalue weighted by molar-refractivity contribution is 5.82. The largest absolute Gasteiger partial charge is 0.423 e. The van der Waals surface area contributed by atoms with Crippen molar-refractivity contribution in [3.63, 3.8) is 0 Å². The molecule has 4 aromatic heterocycles. The summed E-state index contributed by atoms with van der Waals surface area (Å²) in [6.07, 6.45) is 1.71. The summed E-state index contributed by atoms with van der Waals surface area (Å²) in [6.45, 7) is 0.261. The number of halogens is 4. The zero-order valence-corrected chi connectivity index (χ0v) is 20.8. The van der Waals surface area contributed by atoms with Crippen LogP contribution in [0.25, 0.3) is 27.9 Å². The number of hydrogen-bond acceptors (Lipinski definition) is 7. The van der Waals surface area contributed by atoms with Crippen LogP contribution in [0.15, 0.2) is 58.6 Å². The van der Waals surface area contributed by atoms with E-state index in [1.807, 2.05) is 5.10 Å². The Bertz CT molecular complexity index is 1810. The number of aromatic nitrogens is 7. The smallest absolute Gasteiger partial charge is 0.380 e. The summed E-state index contributed by atoms with van der Waals surface area (Å²) >= 11 is 0. The summed E-state index contributed by atoms with van der Waals surface area (Å²) in [7, 11) is 0. The summed E-state index contributed by atoms with van der Waals surface area (Å²) in [4.78, 5) is 33.7. The maximum absolute atomic E-state index is 15.1. The second-order valence-electron chi connectivity index (χ2n) is 9.85. The molecule has 5 aromatic rings. The van der Waals surface area contributed by atoms with Crippen LogP contribution in [0.5, 0.6) is 0 Å². The van der Waals surface area contributed by atoms with E-state index >= 15 is 4.39 Å². The van der Waals surface area contributed by atoms with Crippen LogP contribution < -0.4 is 16.4 Å². The lowest BCUT2D eigenvalue weighted by Crippen LogP contribution is -2.34. The fourth-order valence-electron chi connectivity index (χ4n) is 5.30. The molecule has 6 rings (SSSR count). The molecule has 1 saturated carbocycles. The van der Waals surface area contributed by atoms with Crippen molar-refractivity contribution < 1.29 is 17.6 Å². The number of nitrogens with zero attached hydrogens (tertiary/aromatic N) is 6. The van der Waals surface area contributed by atoms with Crippen molar-refractivity contribution in [3.05, 3.63) is 81.1 Å². The molecule has 0 saturated heterocycles. The Morgan fingerprint density at radius 1 is 1.15 bits per heavy atom. The van der Waals surface area contributed by atoms with E-state index in [-0.39, 0.29) is 41.0 Å². The van der Waals surface area contributed by atoms with E-state index in [2.05, 4.69) is 25.5 Å². The van der Waals surface area contributed by atoms with Gasteiger partial charge >= 0.3 is 6.18 Å². The number of benzene rings is 1. The van der Waals surface area contributed by atoms with Crippen LogP contribution in [-0.4, -0.2) is 40.4 Å². The second kappa shape index (κ2) is 9.84. The van der Waals surface area contributed by atoms with Gasteiger partial charge in [-0.2, -0.15) is 18.3 Å². The second-order valence-corrected chi connectivity index (χ2v) is 9.85. The average Bonchev–Trinajstić information content (AvgIpc) is 3.34. The first-order valence-electron chi connectivity index (χ1n) is 12.6. The van der Waals surface area contributed by atoms with Gasteiger partial charge in [0.1, 0.15) is 11.4 Å². The van der Waals surface area contributed by atoms with E-state index in [0.717, 1.165) is 18.7 Å². The molecule has 1 aliphatic rings. The third-order valence-electron chi connectivity index (χ3n) is 7.13. The predicted octanol–water partition coefficient (Wildman–Crippen LogP) is 4.02. The maximum Gasteiger partial charge on any atom is 0.423 e. The van der Waals surface area contributed by atoms with E-state index in [1.54, 1.807) is 24.4 Å². The molecule has 4 heterocycles. The Morgan fingerprint density at radius 3 is 2.80 bits per heavy atom. The van der Waals surface area contributed by atoms with Crippen molar-refractivity contribution in [2.75, 3.05) is 5.32 Å². The van der Waals surface area contributed by atoms with Crippen LogP contribution in [-0.2, 0) is 12.7 Å². The molecule has 2 N–H and O–H groups in total. The zero-order chi connectivity index (χ0) is 28.0. The topological polar surface area (TPSA) is 123 Å². The van der Waals surface area contributed by atoms with E-state index in [4.69, 9.17) is 0 Å². The van der Waals surface area contributed by atoms with Crippen LogP contribution >= 0.6 is 0 Å². The maximum atomic E-state index is 15.1. The van der Waals surface area contributed by atoms with Crippen LogP contribution in [0.1, 0.15) is 31.2 Å². The van der Waals surface area contributed by atoms with Crippen LogP contribution in [0, 0.1) is 11.7 Å². The van der Waals surface area contributed by atoms with E-state index in [0.29, 0.717) is 30.4 Å². The van der Waals surface area contributed by atoms with Gasteiger partial charge in [-0.15, -0.1) is 5.10 Å². The molecule has 0 spiro atoms. The minimum absolute atomic E-state index is 0.0567. The number of fused-ring (bicyclic) bond motifs is 2. The summed E-state index contributed by atoms with van der Waals surface area (Å²) in [5.74, 6) is -0.547. The molecular weight excluding hydrogens is 532 g/mol. The summed E-state index contributed by atoms with van der Waals surface area (Å²) < 4.78 is 58.3. The first-order chi connectivity index (χ1) is 19.2. The number of alkyl halides is 3. The predicted molar refractivity (Wildman–Crippen MR) is 137 cm³/mol. The van der Waals surface area contributed by atoms with Crippen molar-refractivity contribution in [2.45, 2.75) is 44.4 Å². The Balaban J connectivity index is 1.23. The van der Waals surface area contributed by atoms with Gasteiger partial charge in [-0.1, -0.05) is 12.5 Å². The van der Waals surface area contributed by atoms with Crippen molar-refractivity contribution in [1.29, 1.82) is 0 Å². The van der Waals surface area contributed by atoms with Crippen molar-refractivity contribution in [2.24, 2.45) is 5.92 Å². The quantitative estimate of drug-likeness (QED) is 0.315. The molecule has 14 heteroatoms. The lowest BCUT2D eigenvalue weighted by molar-refractivity contribution is -0.138. The van der Waals surface area contributed by atoms with Crippen molar-refractivity contribution >= 4 is 22.2 Å². The van der Waals surface area contributed by atoms with E-state index in [1.165, 1.54) is 21.5 Å². The number of rotatable bonds is 5. The molecule has 1 aromatic carbocycles. The van der Waals surface area contributed by atoms with Gasteiger partial charge in [0.05, 0.1) is 34.7 Å². The van der Waals surface area contributed by atoms with Gasteiger partial charge < -0.3 is 5.32 Å². The fourth-order valence-corrected chi connectivity index (χ4v) is 5.30. The van der Waals surface area contributed by atoms with Gasteiger partial charge in [0.25, 0.3) is 11.1 Å². The van der Waals surface area contributed by atoms with Gasteiger partial charge in [-0.05, 0) is 49.4 Å². The molecule has 1 fully saturated rings. The Hall–Kier alpha value is -4.62. The Labute approximate surface area is 222 Å². The van der Waals surface area contributed by atoms with Gasteiger partial charge in [-0.25, -0.2) is 24.0 Å². The molecule has 0 aliphatic heterocycles. The van der Waals surface area contributed by atoms with Crippen molar-refractivity contribution in [3.8, 4) is 11.4 Å². The molecule has 1 aliphatic carbocycles.